The number of carbonyl (C=O) groups excluding carboxylic acids is 1. The molecule has 0 unspecified atom stereocenters. The molecule has 7 heteroatoms. The molecule has 0 fully saturated rings. The normalized spacial score (nSPS) is 10.3. The molecule has 0 radical (unpaired) electrons. The minimum Gasteiger partial charge on any atom is -0.481 e. The first-order valence-electron chi connectivity index (χ1n) is 5.78. The zero-order chi connectivity index (χ0) is 15.4. The maximum Gasteiger partial charge on any atom is 0.262 e. The van der Waals surface area contributed by atoms with Crippen LogP contribution in [0, 0.1) is 11.6 Å². The number of hydrogen-bond donors (Lipinski definition) is 1. The minimum atomic E-state index is -1.14. The van der Waals surface area contributed by atoms with Gasteiger partial charge in [-0.1, -0.05) is 33.6 Å². The Kier molecular flexibility index (Phi) is 5.14. The monoisotopic (exact) mass is 375 g/mol. The van der Waals surface area contributed by atoms with Gasteiger partial charge in [-0.25, -0.2) is 4.39 Å². The Morgan fingerprint density at radius 2 is 2.05 bits per heavy atom. The van der Waals surface area contributed by atoms with Gasteiger partial charge in [-0.2, -0.15) is 4.39 Å². The molecule has 0 saturated carbocycles. The Balaban J connectivity index is 1.98. The van der Waals surface area contributed by atoms with Gasteiger partial charge in [0.1, 0.15) is 0 Å². The van der Waals surface area contributed by atoms with Gasteiger partial charge in [0.05, 0.1) is 0 Å². The third kappa shape index (κ3) is 4.41. The van der Waals surface area contributed by atoms with Crippen LogP contribution in [0.25, 0.3) is 0 Å². The Morgan fingerprint density at radius 1 is 1.29 bits per heavy atom. The second-order valence-corrected chi connectivity index (χ2v) is 5.40. The van der Waals surface area contributed by atoms with E-state index in [4.69, 9.17) is 16.3 Å². The lowest BCUT2D eigenvalue weighted by atomic mass is 10.3. The molecular weight excluding hydrogens is 368 g/mol. The summed E-state index contributed by atoms with van der Waals surface area (Å²) in [6.07, 6.45) is 0. The third-order valence-corrected chi connectivity index (χ3v) is 3.12. The summed E-state index contributed by atoms with van der Waals surface area (Å²) in [6.45, 7) is -0.459. The van der Waals surface area contributed by atoms with Crippen LogP contribution < -0.4 is 10.1 Å². The predicted octanol–water partition coefficient (Wildman–Crippen LogP) is 4.40. The van der Waals surface area contributed by atoms with Crippen LogP contribution in [0.1, 0.15) is 0 Å². The molecule has 0 saturated heterocycles. The summed E-state index contributed by atoms with van der Waals surface area (Å²) in [7, 11) is 0. The lowest BCUT2D eigenvalue weighted by Gasteiger charge is -2.09. The van der Waals surface area contributed by atoms with E-state index >= 15 is 0 Å². The summed E-state index contributed by atoms with van der Waals surface area (Å²) in [5, 5.41) is 2.99. The van der Waals surface area contributed by atoms with Crippen LogP contribution >= 0.6 is 27.5 Å². The van der Waals surface area contributed by atoms with Crippen molar-refractivity contribution in [2.45, 2.75) is 0 Å². The number of benzene rings is 2. The van der Waals surface area contributed by atoms with Crippen molar-refractivity contribution in [1.29, 1.82) is 0 Å². The molecule has 0 spiro atoms. The fraction of sp³-hybridized carbons (Fsp3) is 0.0714. The van der Waals surface area contributed by atoms with Gasteiger partial charge in [-0.05, 0) is 30.3 Å². The van der Waals surface area contributed by atoms with Gasteiger partial charge in [0.25, 0.3) is 5.91 Å². The summed E-state index contributed by atoms with van der Waals surface area (Å²) in [6, 6.07) is 8.73. The molecule has 0 atom stereocenters. The molecule has 21 heavy (non-hydrogen) atoms. The first kappa shape index (κ1) is 15.7. The lowest BCUT2D eigenvalue weighted by molar-refractivity contribution is -0.118. The molecule has 0 bridgehead atoms. The molecule has 0 aliphatic carbocycles. The average Bonchev–Trinajstić information content (AvgIpc) is 2.41. The molecule has 0 heterocycles. The van der Waals surface area contributed by atoms with Crippen molar-refractivity contribution < 1.29 is 18.3 Å². The van der Waals surface area contributed by atoms with E-state index in [1.54, 1.807) is 24.3 Å². The molecule has 2 rings (SSSR count). The highest BCUT2D eigenvalue weighted by Gasteiger charge is 2.13. The zero-order valence-electron chi connectivity index (χ0n) is 10.5. The number of hydrogen-bond acceptors (Lipinski definition) is 2. The smallest absolute Gasteiger partial charge is 0.262 e. The van der Waals surface area contributed by atoms with Crippen molar-refractivity contribution in [1.82, 2.24) is 0 Å². The number of ether oxygens (including phenoxy) is 1. The number of amides is 1. The van der Waals surface area contributed by atoms with Crippen molar-refractivity contribution in [2.75, 3.05) is 11.9 Å². The number of rotatable bonds is 4. The summed E-state index contributed by atoms with van der Waals surface area (Å²) < 4.78 is 31.9. The van der Waals surface area contributed by atoms with Gasteiger partial charge >= 0.3 is 0 Å². The van der Waals surface area contributed by atoms with Gasteiger partial charge in [0.15, 0.2) is 18.2 Å². The van der Waals surface area contributed by atoms with Gasteiger partial charge in [0.2, 0.25) is 5.82 Å². The Bertz CT molecular complexity index is 682. The summed E-state index contributed by atoms with van der Waals surface area (Å²) in [4.78, 5) is 11.7. The Hall–Kier alpha value is -1.66. The first-order valence-corrected chi connectivity index (χ1v) is 6.95. The first-order chi connectivity index (χ1) is 9.95. The highest BCUT2D eigenvalue weighted by Crippen LogP contribution is 2.25. The van der Waals surface area contributed by atoms with Gasteiger partial charge in [-0.3, -0.25) is 4.79 Å². The van der Waals surface area contributed by atoms with E-state index in [9.17, 15) is 13.6 Å². The minimum absolute atomic E-state index is 0.312. The standard InChI is InChI=1S/C14H9BrClF2NO2/c15-8-4-11(17)14(18)12(5-8)21-7-13(20)19-10-3-1-2-9(16)6-10/h1-6H,7H2,(H,19,20). The summed E-state index contributed by atoms with van der Waals surface area (Å²) >= 11 is 8.79. The van der Waals surface area contributed by atoms with Crippen molar-refractivity contribution in [2.24, 2.45) is 0 Å². The van der Waals surface area contributed by atoms with Crippen molar-refractivity contribution >= 4 is 39.1 Å². The van der Waals surface area contributed by atoms with E-state index in [1.165, 1.54) is 6.07 Å². The predicted molar refractivity (Wildman–Crippen MR) is 79.6 cm³/mol. The van der Waals surface area contributed by atoms with Gasteiger partial charge < -0.3 is 10.1 Å². The Labute approximate surface area is 133 Å². The maximum atomic E-state index is 13.4. The molecule has 110 valence electrons. The highest BCUT2D eigenvalue weighted by molar-refractivity contribution is 9.10. The molecule has 2 aromatic carbocycles. The molecule has 0 aliphatic heterocycles. The fourth-order valence-corrected chi connectivity index (χ4v) is 2.14. The van der Waals surface area contributed by atoms with Crippen LogP contribution in [0.15, 0.2) is 40.9 Å². The van der Waals surface area contributed by atoms with E-state index in [0.29, 0.717) is 15.2 Å². The van der Waals surface area contributed by atoms with Crippen LogP contribution in [0.4, 0.5) is 14.5 Å². The fourth-order valence-electron chi connectivity index (χ4n) is 1.54. The third-order valence-electron chi connectivity index (χ3n) is 2.43. The molecule has 0 aromatic heterocycles. The second kappa shape index (κ2) is 6.87. The van der Waals surface area contributed by atoms with Crippen molar-refractivity contribution in [3.8, 4) is 5.75 Å². The average molecular weight is 377 g/mol. The van der Waals surface area contributed by atoms with Gasteiger partial charge in [-0.15, -0.1) is 0 Å². The lowest BCUT2D eigenvalue weighted by Crippen LogP contribution is -2.20. The van der Waals surface area contributed by atoms with E-state index in [1.807, 2.05) is 0 Å². The molecule has 0 aliphatic rings. The topological polar surface area (TPSA) is 38.3 Å². The van der Waals surface area contributed by atoms with Gasteiger partial charge in [0, 0.05) is 15.2 Å². The highest BCUT2D eigenvalue weighted by atomic mass is 79.9. The molecule has 1 N–H and O–H groups in total. The second-order valence-electron chi connectivity index (χ2n) is 4.05. The van der Waals surface area contributed by atoms with Crippen LogP contribution in [-0.2, 0) is 4.79 Å². The zero-order valence-corrected chi connectivity index (χ0v) is 12.8. The quantitative estimate of drug-likeness (QED) is 0.803. The van der Waals surface area contributed by atoms with Crippen LogP contribution in [-0.4, -0.2) is 12.5 Å². The van der Waals surface area contributed by atoms with Crippen LogP contribution in [0.2, 0.25) is 5.02 Å². The molecule has 2 aromatic rings. The van der Waals surface area contributed by atoms with E-state index in [2.05, 4.69) is 21.2 Å². The van der Waals surface area contributed by atoms with E-state index in [-0.39, 0.29) is 5.75 Å². The van der Waals surface area contributed by atoms with E-state index in [0.717, 1.165) is 6.07 Å². The summed E-state index contributed by atoms with van der Waals surface area (Å²) in [5.74, 6) is -3.07. The number of carbonyl (C=O) groups is 1. The van der Waals surface area contributed by atoms with Crippen LogP contribution in [0.5, 0.6) is 5.75 Å². The van der Waals surface area contributed by atoms with Crippen LogP contribution in [0.3, 0.4) is 0 Å². The SMILES string of the molecule is O=C(COc1cc(Br)cc(F)c1F)Nc1cccc(Cl)c1. The number of anilines is 1. The molecule has 1 amide bonds. The maximum absolute atomic E-state index is 13.4. The largest absolute Gasteiger partial charge is 0.481 e. The molecular formula is C14H9BrClF2NO2. The van der Waals surface area contributed by atoms with Crippen molar-refractivity contribution in [3.05, 3.63) is 57.5 Å². The van der Waals surface area contributed by atoms with Crippen molar-refractivity contribution in [3.63, 3.8) is 0 Å². The number of nitrogens with one attached hydrogen (secondary N) is 1. The summed E-state index contributed by atoms with van der Waals surface area (Å²) in [5.41, 5.74) is 0.483. The molecule has 3 nitrogen and oxygen atoms in total. The Morgan fingerprint density at radius 3 is 2.76 bits per heavy atom. The van der Waals surface area contributed by atoms with E-state index < -0.39 is 24.1 Å². The number of halogens is 4.